The first-order chi connectivity index (χ1) is 16.3. The second kappa shape index (κ2) is 8.57. The number of nitrogens with zero attached hydrogens (tertiary/aromatic N) is 2. The van der Waals surface area contributed by atoms with Crippen molar-refractivity contribution >= 4 is 40.3 Å². The van der Waals surface area contributed by atoms with Gasteiger partial charge in [0.25, 0.3) is 5.56 Å². The van der Waals surface area contributed by atoms with Gasteiger partial charge in [0.15, 0.2) is 0 Å². The van der Waals surface area contributed by atoms with E-state index in [1.165, 1.54) is 5.57 Å². The number of hydrogen-bond donors (Lipinski definition) is 0. The lowest BCUT2D eigenvalue weighted by molar-refractivity contribution is 0.624. The van der Waals surface area contributed by atoms with Crippen LogP contribution < -0.4 is 5.56 Å². The van der Waals surface area contributed by atoms with Crippen molar-refractivity contribution in [1.29, 1.82) is 0 Å². The summed E-state index contributed by atoms with van der Waals surface area (Å²) in [6.07, 6.45) is 3.95. The minimum absolute atomic E-state index is 0.0591. The molecule has 0 aliphatic carbocycles. The van der Waals surface area contributed by atoms with E-state index in [4.69, 9.17) is 23.2 Å². The Morgan fingerprint density at radius 1 is 0.912 bits per heavy atom. The van der Waals surface area contributed by atoms with Gasteiger partial charge in [-0.3, -0.25) is 9.79 Å². The van der Waals surface area contributed by atoms with Crippen molar-refractivity contribution in [3.63, 3.8) is 0 Å². The summed E-state index contributed by atoms with van der Waals surface area (Å²) in [6, 6.07) is 23.7. The smallest absolute Gasteiger partial charge is 0.251 e. The minimum Gasteiger partial charge on any atom is -0.311 e. The van der Waals surface area contributed by atoms with Crippen LogP contribution in [-0.2, 0) is 12.5 Å². The molecule has 2 atom stereocenters. The molecule has 0 fully saturated rings. The number of aryl methyl sites for hydroxylation is 1. The third-order valence-corrected chi connectivity index (χ3v) is 7.46. The lowest BCUT2D eigenvalue weighted by atomic mass is 9.67. The molecule has 0 amide bonds. The number of aromatic nitrogens is 1. The largest absolute Gasteiger partial charge is 0.311 e. The van der Waals surface area contributed by atoms with Crippen LogP contribution in [0.4, 0.5) is 0 Å². The lowest BCUT2D eigenvalue weighted by Crippen LogP contribution is -2.29. The predicted octanol–water partition coefficient (Wildman–Crippen LogP) is 7.42. The highest BCUT2D eigenvalue weighted by atomic mass is 35.5. The quantitative estimate of drug-likeness (QED) is 0.295. The molecule has 0 saturated carbocycles. The van der Waals surface area contributed by atoms with Crippen LogP contribution >= 0.6 is 23.2 Å². The summed E-state index contributed by atoms with van der Waals surface area (Å²) in [7, 11) is 1.81. The molecular formula is C29H24Cl2N2O. The van der Waals surface area contributed by atoms with Crippen LogP contribution in [0.1, 0.15) is 25.0 Å². The van der Waals surface area contributed by atoms with Crippen LogP contribution in [0.15, 0.2) is 94.4 Å². The van der Waals surface area contributed by atoms with Gasteiger partial charge in [-0.05, 0) is 71.1 Å². The number of halogens is 2. The van der Waals surface area contributed by atoms with Gasteiger partial charge in [-0.1, -0.05) is 60.5 Å². The average Bonchev–Trinajstić information content (AvgIpc) is 3.27. The summed E-state index contributed by atoms with van der Waals surface area (Å²) in [6.45, 7) is 4.40. The summed E-state index contributed by atoms with van der Waals surface area (Å²) in [5.41, 5.74) is 5.62. The van der Waals surface area contributed by atoms with Crippen LogP contribution in [0.3, 0.4) is 0 Å². The number of rotatable bonds is 4. The lowest BCUT2D eigenvalue weighted by Gasteiger charge is -2.35. The summed E-state index contributed by atoms with van der Waals surface area (Å²) >= 11 is 12.5. The fourth-order valence-electron chi connectivity index (χ4n) is 4.98. The SMILES string of the molecule is CC1C=NC=C1C(C)(c1ccc(Cl)cc1)c1ccc2c(c1)c(-c1cccc(Cl)c1)cc(=O)n2C. The Morgan fingerprint density at radius 2 is 1.65 bits per heavy atom. The molecule has 34 heavy (non-hydrogen) atoms. The van der Waals surface area contributed by atoms with Crippen LogP contribution in [0.5, 0.6) is 0 Å². The van der Waals surface area contributed by atoms with E-state index in [9.17, 15) is 4.79 Å². The molecule has 1 aliphatic rings. The molecule has 0 bridgehead atoms. The van der Waals surface area contributed by atoms with E-state index in [1.807, 2.05) is 54.9 Å². The van der Waals surface area contributed by atoms with Crippen LogP contribution in [0.2, 0.25) is 10.0 Å². The molecule has 5 heteroatoms. The monoisotopic (exact) mass is 486 g/mol. The van der Waals surface area contributed by atoms with E-state index in [0.717, 1.165) is 33.2 Å². The standard InChI is InChI=1S/C29H24Cl2N2O/c1-18-16-32-17-26(18)29(2,20-7-10-22(30)11-8-20)21-9-12-27-25(14-21)24(15-28(34)33(27)3)19-5-4-6-23(31)13-19/h4-18H,1-3H3. The van der Waals surface area contributed by atoms with Crippen LogP contribution in [0.25, 0.3) is 22.0 Å². The van der Waals surface area contributed by atoms with Gasteiger partial charge >= 0.3 is 0 Å². The zero-order valence-electron chi connectivity index (χ0n) is 19.2. The van der Waals surface area contributed by atoms with Gasteiger partial charge in [-0.25, -0.2) is 0 Å². The molecule has 1 aliphatic heterocycles. The van der Waals surface area contributed by atoms with Gasteiger partial charge in [0.2, 0.25) is 0 Å². The van der Waals surface area contributed by atoms with E-state index in [1.54, 1.807) is 17.7 Å². The molecule has 5 rings (SSSR count). The van der Waals surface area contributed by atoms with Crippen molar-refractivity contribution in [3.8, 4) is 11.1 Å². The Labute approximate surface area is 209 Å². The van der Waals surface area contributed by atoms with Gasteiger partial charge in [-0.15, -0.1) is 0 Å². The van der Waals surface area contributed by atoms with Crippen molar-refractivity contribution in [2.75, 3.05) is 0 Å². The average molecular weight is 487 g/mol. The first-order valence-corrected chi connectivity index (χ1v) is 11.9. The first kappa shape index (κ1) is 22.6. The summed E-state index contributed by atoms with van der Waals surface area (Å²) < 4.78 is 1.69. The fourth-order valence-corrected chi connectivity index (χ4v) is 5.30. The van der Waals surface area contributed by atoms with Crippen molar-refractivity contribution < 1.29 is 0 Å². The maximum absolute atomic E-state index is 12.8. The molecular weight excluding hydrogens is 463 g/mol. The van der Waals surface area contributed by atoms with E-state index >= 15 is 0 Å². The van der Waals surface area contributed by atoms with Crippen LogP contribution in [-0.4, -0.2) is 10.8 Å². The first-order valence-electron chi connectivity index (χ1n) is 11.2. The van der Waals surface area contributed by atoms with Crippen molar-refractivity contribution in [3.05, 3.63) is 116 Å². The summed E-state index contributed by atoms with van der Waals surface area (Å²) in [5, 5.41) is 2.33. The Kier molecular flexibility index (Phi) is 5.71. The summed E-state index contributed by atoms with van der Waals surface area (Å²) in [5.74, 6) is 0.198. The molecule has 4 aromatic rings. The van der Waals surface area contributed by atoms with Gasteiger partial charge in [0.05, 0.1) is 5.52 Å². The number of benzene rings is 3. The number of aliphatic imine (C=N–C) groups is 1. The van der Waals surface area contributed by atoms with Gasteiger partial charge in [-0.2, -0.15) is 0 Å². The Morgan fingerprint density at radius 3 is 2.32 bits per heavy atom. The van der Waals surface area contributed by atoms with Gasteiger partial charge in [0.1, 0.15) is 0 Å². The van der Waals surface area contributed by atoms with Crippen molar-refractivity contribution in [2.24, 2.45) is 18.0 Å². The molecule has 0 saturated heterocycles. The summed E-state index contributed by atoms with van der Waals surface area (Å²) in [4.78, 5) is 17.3. The third kappa shape index (κ3) is 3.70. The highest BCUT2D eigenvalue weighted by molar-refractivity contribution is 6.31. The molecule has 0 N–H and O–H groups in total. The van der Waals surface area contributed by atoms with E-state index in [0.29, 0.717) is 10.0 Å². The van der Waals surface area contributed by atoms with Crippen LogP contribution in [0, 0.1) is 5.92 Å². The van der Waals surface area contributed by atoms with Gasteiger partial charge < -0.3 is 4.57 Å². The molecule has 170 valence electrons. The Hall–Kier alpha value is -3.14. The van der Waals surface area contributed by atoms with Crippen molar-refractivity contribution in [2.45, 2.75) is 19.3 Å². The second-order valence-corrected chi connectivity index (χ2v) is 9.87. The Balaban J connectivity index is 1.81. The fraction of sp³-hybridized carbons (Fsp3) is 0.172. The number of fused-ring (bicyclic) bond motifs is 1. The highest BCUT2D eigenvalue weighted by Gasteiger charge is 2.37. The number of hydrogen-bond acceptors (Lipinski definition) is 2. The topological polar surface area (TPSA) is 34.4 Å². The highest BCUT2D eigenvalue weighted by Crippen LogP contribution is 2.45. The molecule has 2 heterocycles. The van der Waals surface area contributed by atoms with E-state index in [-0.39, 0.29) is 11.5 Å². The molecule has 3 aromatic carbocycles. The van der Waals surface area contributed by atoms with Gasteiger partial charge in [0, 0.05) is 52.3 Å². The number of pyridine rings is 1. The molecule has 2 unspecified atom stereocenters. The molecule has 0 spiro atoms. The minimum atomic E-state index is -0.436. The predicted molar refractivity (Wildman–Crippen MR) is 143 cm³/mol. The molecule has 0 radical (unpaired) electrons. The second-order valence-electron chi connectivity index (χ2n) is 9.00. The van der Waals surface area contributed by atoms with E-state index in [2.05, 4.69) is 43.1 Å². The molecule has 1 aromatic heterocycles. The molecule has 3 nitrogen and oxygen atoms in total. The van der Waals surface area contributed by atoms with E-state index < -0.39 is 5.41 Å². The van der Waals surface area contributed by atoms with Crippen molar-refractivity contribution in [1.82, 2.24) is 4.57 Å². The maximum atomic E-state index is 12.8. The zero-order chi connectivity index (χ0) is 24.0. The normalized spacial score (nSPS) is 17.1. The maximum Gasteiger partial charge on any atom is 0.251 e. The Bertz CT molecular complexity index is 1530. The third-order valence-electron chi connectivity index (χ3n) is 6.97. The number of allylic oxidation sites excluding steroid dienone is 1. The zero-order valence-corrected chi connectivity index (χ0v) is 20.7.